The number of piperazine rings is 1. The number of anilines is 1. The molecule has 0 radical (unpaired) electrons. The summed E-state index contributed by atoms with van der Waals surface area (Å²) < 4.78 is 5.44. The molecule has 1 fully saturated rings. The van der Waals surface area contributed by atoms with Gasteiger partial charge in [-0.2, -0.15) is 0 Å². The van der Waals surface area contributed by atoms with Gasteiger partial charge in [-0.15, -0.1) is 0 Å². The molecule has 0 bridgehead atoms. The molecule has 2 aromatic rings. The van der Waals surface area contributed by atoms with E-state index >= 15 is 0 Å². The molecular weight excluding hydrogens is 412 g/mol. The maximum atomic E-state index is 12.5. The van der Waals surface area contributed by atoms with Crippen LogP contribution in [-0.2, 0) is 16.0 Å². The van der Waals surface area contributed by atoms with E-state index in [9.17, 15) is 19.7 Å². The minimum atomic E-state index is -0.518. The van der Waals surface area contributed by atoms with Crippen LogP contribution < -0.4 is 10.1 Å². The van der Waals surface area contributed by atoms with Crippen molar-refractivity contribution < 1.29 is 19.2 Å². The van der Waals surface area contributed by atoms with Gasteiger partial charge in [0.15, 0.2) is 12.4 Å². The van der Waals surface area contributed by atoms with Crippen LogP contribution in [0.15, 0.2) is 42.5 Å². The highest BCUT2D eigenvalue weighted by atomic mass is 16.6. The van der Waals surface area contributed by atoms with Crippen LogP contribution in [0.2, 0.25) is 0 Å². The number of aryl methyl sites for hydroxylation is 2. The minimum absolute atomic E-state index is 0.0802. The molecular formula is C23H28N4O5. The van der Waals surface area contributed by atoms with Gasteiger partial charge in [-0.05, 0) is 36.6 Å². The first-order valence-corrected chi connectivity index (χ1v) is 10.6. The number of hydrogen-bond acceptors (Lipinski definition) is 6. The van der Waals surface area contributed by atoms with Crippen LogP contribution in [0.5, 0.6) is 5.75 Å². The van der Waals surface area contributed by atoms with Gasteiger partial charge in [-0.1, -0.05) is 31.2 Å². The van der Waals surface area contributed by atoms with Crippen molar-refractivity contribution in [1.82, 2.24) is 9.80 Å². The maximum Gasteiger partial charge on any atom is 0.311 e. The first-order chi connectivity index (χ1) is 15.4. The molecule has 170 valence electrons. The number of ether oxygens (including phenoxy) is 1. The molecule has 3 rings (SSSR count). The number of amides is 2. The van der Waals surface area contributed by atoms with Crippen molar-refractivity contribution in [3.05, 3.63) is 63.7 Å². The highest BCUT2D eigenvalue weighted by molar-refractivity contribution is 5.93. The van der Waals surface area contributed by atoms with Crippen LogP contribution in [-0.4, -0.2) is 65.9 Å². The predicted octanol–water partition coefficient (Wildman–Crippen LogP) is 2.63. The van der Waals surface area contributed by atoms with E-state index in [2.05, 4.69) is 5.32 Å². The van der Waals surface area contributed by atoms with E-state index < -0.39 is 4.92 Å². The Bertz CT molecular complexity index is 986. The van der Waals surface area contributed by atoms with Crippen LogP contribution in [0, 0.1) is 17.0 Å². The first-order valence-electron chi connectivity index (χ1n) is 10.6. The standard InChI is InChI=1S/C23H28N4O5/c1-3-18-6-4-5-7-19(18)24-22(28)15-25-10-12-26(13-11-25)23(29)16-32-21-9-8-17(2)14-20(21)27(30)31/h4-9,14H,3,10-13,15-16H2,1-2H3,(H,24,28). The second-order valence-electron chi connectivity index (χ2n) is 7.73. The van der Waals surface area contributed by atoms with Gasteiger partial charge in [-0.25, -0.2) is 0 Å². The molecule has 1 N–H and O–H groups in total. The number of nitrogens with one attached hydrogen (secondary N) is 1. The van der Waals surface area contributed by atoms with Crippen LogP contribution in [0.3, 0.4) is 0 Å². The SMILES string of the molecule is CCc1ccccc1NC(=O)CN1CCN(C(=O)COc2ccc(C)cc2[N+](=O)[O-])CC1. The fourth-order valence-corrected chi connectivity index (χ4v) is 3.62. The molecule has 32 heavy (non-hydrogen) atoms. The van der Waals surface area contributed by atoms with Crippen molar-refractivity contribution in [2.24, 2.45) is 0 Å². The summed E-state index contributed by atoms with van der Waals surface area (Å²) in [4.78, 5) is 39.2. The van der Waals surface area contributed by atoms with Crippen molar-refractivity contribution in [3.63, 3.8) is 0 Å². The molecule has 1 heterocycles. The lowest BCUT2D eigenvalue weighted by Crippen LogP contribution is -2.51. The third-order valence-corrected chi connectivity index (χ3v) is 5.43. The van der Waals surface area contributed by atoms with E-state index in [1.54, 1.807) is 17.9 Å². The molecule has 0 spiro atoms. The monoisotopic (exact) mass is 440 g/mol. The summed E-state index contributed by atoms with van der Waals surface area (Å²) in [5.74, 6) is -0.238. The lowest BCUT2D eigenvalue weighted by Gasteiger charge is -2.34. The lowest BCUT2D eigenvalue weighted by atomic mass is 10.1. The van der Waals surface area contributed by atoms with E-state index in [-0.39, 0.29) is 36.4 Å². The Morgan fingerprint density at radius 3 is 2.53 bits per heavy atom. The van der Waals surface area contributed by atoms with Crippen LogP contribution in [0.25, 0.3) is 0 Å². The van der Waals surface area contributed by atoms with Gasteiger partial charge in [0.1, 0.15) is 0 Å². The topological polar surface area (TPSA) is 105 Å². The predicted molar refractivity (Wildman–Crippen MR) is 121 cm³/mol. The Morgan fingerprint density at radius 1 is 1.12 bits per heavy atom. The van der Waals surface area contributed by atoms with Gasteiger partial charge in [0.25, 0.3) is 5.91 Å². The summed E-state index contributed by atoms with van der Waals surface area (Å²) in [6.07, 6.45) is 0.838. The third kappa shape index (κ3) is 6.04. The zero-order valence-corrected chi connectivity index (χ0v) is 18.4. The van der Waals surface area contributed by atoms with E-state index in [0.29, 0.717) is 26.2 Å². The number of nitrogens with zero attached hydrogens (tertiary/aromatic N) is 3. The van der Waals surface area contributed by atoms with Gasteiger partial charge in [0, 0.05) is 37.9 Å². The average molecular weight is 441 g/mol. The zero-order chi connectivity index (χ0) is 23.1. The molecule has 0 aromatic heterocycles. The van der Waals surface area contributed by atoms with Gasteiger partial charge >= 0.3 is 5.69 Å². The third-order valence-electron chi connectivity index (χ3n) is 5.43. The number of carbonyl (C=O) groups excluding carboxylic acids is 2. The molecule has 1 aliphatic rings. The Morgan fingerprint density at radius 2 is 1.84 bits per heavy atom. The number of carbonyl (C=O) groups is 2. The molecule has 0 aliphatic carbocycles. The summed E-state index contributed by atoms with van der Waals surface area (Å²) in [6.45, 7) is 5.86. The fourth-order valence-electron chi connectivity index (χ4n) is 3.62. The van der Waals surface area contributed by atoms with Gasteiger partial charge < -0.3 is 15.0 Å². The minimum Gasteiger partial charge on any atom is -0.477 e. The van der Waals surface area contributed by atoms with E-state index in [4.69, 9.17) is 4.74 Å². The van der Waals surface area contributed by atoms with Crippen molar-refractivity contribution in [2.45, 2.75) is 20.3 Å². The molecule has 1 aliphatic heterocycles. The van der Waals surface area contributed by atoms with Crippen LogP contribution >= 0.6 is 0 Å². The van der Waals surface area contributed by atoms with Crippen LogP contribution in [0.1, 0.15) is 18.1 Å². The molecule has 2 aromatic carbocycles. The average Bonchev–Trinajstić information content (AvgIpc) is 2.78. The summed E-state index contributed by atoms with van der Waals surface area (Å²) in [5.41, 5.74) is 2.51. The maximum absolute atomic E-state index is 12.5. The van der Waals surface area contributed by atoms with Crippen molar-refractivity contribution in [3.8, 4) is 5.75 Å². The van der Waals surface area contributed by atoms with Crippen molar-refractivity contribution in [1.29, 1.82) is 0 Å². The van der Waals surface area contributed by atoms with Crippen molar-refractivity contribution in [2.75, 3.05) is 44.6 Å². The molecule has 1 saturated heterocycles. The number of hydrogen-bond donors (Lipinski definition) is 1. The number of nitro benzene ring substituents is 1. The highest BCUT2D eigenvalue weighted by Crippen LogP contribution is 2.27. The summed E-state index contributed by atoms with van der Waals surface area (Å²) in [5, 5.41) is 14.2. The summed E-state index contributed by atoms with van der Waals surface area (Å²) >= 11 is 0. The largest absolute Gasteiger partial charge is 0.477 e. The number of benzene rings is 2. The molecule has 9 nitrogen and oxygen atoms in total. The molecule has 0 atom stereocenters. The van der Waals surface area contributed by atoms with Crippen LogP contribution in [0.4, 0.5) is 11.4 Å². The Hall–Kier alpha value is -3.46. The summed E-state index contributed by atoms with van der Waals surface area (Å²) in [6, 6.07) is 12.4. The van der Waals surface area contributed by atoms with Crippen molar-refractivity contribution >= 4 is 23.2 Å². The molecule has 9 heteroatoms. The number of rotatable bonds is 8. The Balaban J connectivity index is 1.46. The van der Waals surface area contributed by atoms with Gasteiger partial charge in [0.05, 0.1) is 11.5 Å². The van der Waals surface area contributed by atoms with Gasteiger partial charge in [0.2, 0.25) is 5.91 Å². The van der Waals surface area contributed by atoms with E-state index in [0.717, 1.165) is 23.2 Å². The first kappa shape index (κ1) is 23.2. The smallest absolute Gasteiger partial charge is 0.311 e. The highest BCUT2D eigenvalue weighted by Gasteiger charge is 2.24. The number of nitro groups is 1. The Kier molecular flexibility index (Phi) is 7.77. The molecule has 0 unspecified atom stereocenters. The quantitative estimate of drug-likeness (QED) is 0.500. The summed E-state index contributed by atoms with van der Waals surface area (Å²) in [7, 11) is 0. The zero-order valence-electron chi connectivity index (χ0n) is 18.4. The Labute approximate surface area is 187 Å². The fraction of sp³-hybridized carbons (Fsp3) is 0.391. The van der Waals surface area contributed by atoms with Gasteiger partial charge in [-0.3, -0.25) is 24.6 Å². The second-order valence-corrected chi connectivity index (χ2v) is 7.73. The molecule has 2 amide bonds. The number of para-hydroxylation sites is 1. The van der Waals surface area contributed by atoms with E-state index in [1.165, 1.54) is 12.1 Å². The lowest BCUT2D eigenvalue weighted by molar-refractivity contribution is -0.385. The normalized spacial score (nSPS) is 14.1. The van der Waals surface area contributed by atoms with E-state index in [1.807, 2.05) is 36.1 Å². The molecule has 0 saturated carbocycles. The second kappa shape index (κ2) is 10.7.